The Kier molecular flexibility index (Phi) is 4.95. The molecular formula is C23H19FN6O. The molecule has 0 spiro atoms. The number of carbonyl (C=O) groups is 1. The van der Waals surface area contributed by atoms with E-state index < -0.39 is 5.82 Å². The van der Waals surface area contributed by atoms with Gasteiger partial charge in [0.1, 0.15) is 5.82 Å². The molecule has 4 aromatic rings. The zero-order valence-electron chi connectivity index (χ0n) is 16.6. The lowest BCUT2D eigenvalue weighted by molar-refractivity contribution is 0.0619. The monoisotopic (exact) mass is 414 g/mol. The predicted molar refractivity (Wildman–Crippen MR) is 114 cm³/mol. The van der Waals surface area contributed by atoms with Crippen molar-refractivity contribution in [3.63, 3.8) is 0 Å². The van der Waals surface area contributed by atoms with Crippen LogP contribution in [0.3, 0.4) is 0 Å². The first-order chi connectivity index (χ1) is 15.2. The quantitative estimate of drug-likeness (QED) is 0.540. The average Bonchev–Trinajstić information content (AvgIpc) is 2.78. The first-order valence-electron chi connectivity index (χ1n) is 9.98. The Morgan fingerprint density at radius 3 is 2.74 bits per heavy atom. The summed E-state index contributed by atoms with van der Waals surface area (Å²) in [5.41, 5.74) is 1.67. The number of likely N-dealkylation sites (tertiary alicyclic amines) is 1. The van der Waals surface area contributed by atoms with E-state index in [9.17, 15) is 9.18 Å². The molecule has 0 aliphatic carbocycles. The number of carbonyl (C=O) groups excluding carboxylic acids is 1. The van der Waals surface area contributed by atoms with Gasteiger partial charge in [-0.1, -0.05) is 30.3 Å². The van der Waals surface area contributed by atoms with Crippen molar-refractivity contribution < 1.29 is 9.18 Å². The Morgan fingerprint density at radius 2 is 1.90 bits per heavy atom. The highest BCUT2D eigenvalue weighted by molar-refractivity contribution is 5.95. The molecule has 154 valence electrons. The van der Waals surface area contributed by atoms with Gasteiger partial charge in [-0.15, -0.1) is 0 Å². The standard InChI is InChI=1S/C23H19FN6O/c24-20-7-6-15(11-21-18-5-2-1-4-16(18)12-27-29-21)10-19(20)22(31)30-13-17(14-30)28-23-25-8-3-9-26-23/h1-10,12,17H,11,13-14H2,(H,25,26,28). The van der Waals surface area contributed by atoms with E-state index >= 15 is 0 Å². The summed E-state index contributed by atoms with van der Waals surface area (Å²) in [7, 11) is 0. The molecule has 1 fully saturated rings. The van der Waals surface area contributed by atoms with Gasteiger partial charge in [0.2, 0.25) is 5.95 Å². The number of halogens is 1. The fourth-order valence-electron chi connectivity index (χ4n) is 3.72. The minimum absolute atomic E-state index is 0.0450. The molecule has 0 bridgehead atoms. The van der Waals surface area contributed by atoms with Gasteiger partial charge in [0.25, 0.3) is 5.91 Å². The lowest BCUT2D eigenvalue weighted by Gasteiger charge is -2.39. The van der Waals surface area contributed by atoms with Gasteiger partial charge < -0.3 is 10.2 Å². The van der Waals surface area contributed by atoms with Gasteiger partial charge in [-0.2, -0.15) is 10.2 Å². The number of rotatable bonds is 5. The second-order valence-electron chi connectivity index (χ2n) is 7.49. The van der Waals surface area contributed by atoms with Crippen molar-refractivity contribution >= 4 is 22.6 Å². The fraction of sp³-hybridized carbons (Fsp3) is 0.174. The minimum atomic E-state index is -0.527. The molecule has 7 nitrogen and oxygen atoms in total. The second kappa shape index (κ2) is 8.06. The lowest BCUT2D eigenvalue weighted by atomic mass is 10.0. The van der Waals surface area contributed by atoms with Crippen LogP contribution in [0.25, 0.3) is 10.8 Å². The normalized spacial score (nSPS) is 13.8. The Bertz CT molecular complexity index is 1240. The van der Waals surface area contributed by atoms with Crippen LogP contribution >= 0.6 is 0 Å². The van der Waals surface area contributed by atoms with Gasteiger partial charge in [-0.3, -0.25) is 4.79 Å². The summed E-state index contributed by atoms with van der Waals surface area (Å²) in [5.74, 6) is -0.333. The Hall–Kier alpha value is -3.94. The van der Waals surface area contributed by atoms with Crippen molar-refractivity contribution in [3.8, 4) is 0 Å². The molecule has 2 aromatic heterocycles. The van der Waals surface area contributed by atoms with Crippen LogP contribution in [0.2, 0.25) is 0 Å². The first kappa shape index (κ1) is 19.0. The molecule has 0 atom stereocenters. The van der Waals surface area contributed by atoms with Crippen LogP contribution in [0.5, 0.6) is 0 Å². The summed E-state index contributed by atoms with van der Waals surface area (Å²) in [6.07, 6.45) is 5.48. The number of fused-ring (bicyclic) bond motifs is 1. The molecule has 0 saturated carbocycles. The summed E-state index contributed by atoms with van der Waals surface area (Å²) in [6.45, 7) is 0.936. The van der Waals surface area contributed by atoms with Gasteiger partial charge in [0, 0.05) is 42.7 Å². The maximum atomic E-state index is 14.5. The van der Waals surface area contributed by atoms with Crippen molar-refractivity contribution in [1.29, 1.82) is 0 Å². The highest BCUT2D eigenvalue weighted by Gasteiger charge is 2.32. The van der Waals surface area contributed by atoms with E-state index in [2.05, 4.69) is 25.5 Å². The van der Waals surface area contributed by atoms with Gasteiger partial charge in [0.05, 0.1) is 23.5 Å². The molecule has 2 aromatic carbocycles. The van der Waals surface area contributed by atoms with E-state index in [1.807, 2.05) is 24.3 Å². The van der Waals surface area contributed by atoms with Crippen LogP contribution in [0, 0.1) is 5.82 Å². The number of aromatic nitrogens is 4. The molecular weight excluding hydrogens is 395 g/mol. The minimum Gasteiger partial charge on any atom is -0.348 e. The molecule has 8 heteroatoms. The third-order valence-corrected chi connectivity index (χ3v) is 5.35. The zero-order chi connectivity index (χ0) is 21.2. The maximum absolute atomic E-state index is 14.5. The Morgan fingerprint density at radius 1 is 1.10 bits per heavy atom. The number of hydrogen-bond donors (Lipinski definition) is 1. The highest BCUT2D eigenvalue weighted by Crippen LogP contribution is 2.22. The molecule has 1 aliphatic rings. The van der Waals surface area contributed by atoms with Gasteiger partial charge >= 0.3 is 0 Å². The average molecular weight is 414 g/mol. The molecule has 0 unspecified atom stereocenters. The summed E-state index contributed by atoms with van der Waals surface area (Å²) in [4.78, 5) is 22.7. The van der Waals surface area contributed by atoms with Crippen molar-refractivity contribution in [1.82, 2.24) is 25.1 Å². The summed E-state index contributed by atoms with van der Waals surface area (Å²) in [6, 6.07) is 14.3. The van der Waals surface area contributed by atoms with Crippen LogP contribution in [0.1, 0.15) is 21.6 Å². The van der Waals surface area contributed by atoms with Crippen LogP contribution < -0.4 is 5.32 Å². The first-order valence-corrected chi connectivity index (χ1v) is 9.98. The van der Waals surface area contributed by atoms with E-state index in [4.69, 9.17) is 0 Å². The zero-order valence-corrected chi connectivity index (χ0v) is 16.6. The maximum Gasteiger partial charge on any atom is 0.256 e. The highest BCUT2D eigenvalue weighted by atomic mass is 19.1. The van der Waals surface area contributed by atoms with Crippen LogP contribution in [-0.2, 0) is 6.42 Å². The number of nitrogens with one attached hydrogen (secondary N) is 1. The molecule has 0 radical (unpaired) electrons. The number of amides is 1. The van der Waals surface area contributed by atoms with Crippen molar-refractivity contribution in [2.75, 3.05) is 18.4 Å². The third-order valence-electron chi connectivity index (χ3n) is 5.35. The molecule has 31 heavy (non-hydrogen) atoms. The number of anilines is 1. The van der Waals surface area contributed by atoms with E-state index in [0.29, 0.717) is 25.5 Å². The summed E-state index contributed by atoms with van der Waals surface area (Å²) < 4.78 is 14.5. The second-order valence-corrected chi connectivity index (χ2v) is 7.49. The summed E-state index contributed by atoms with van der Waals surface area (Å²) in [5, 5.41) is 13.5. The smallest absolute Gasteiger partial charge is 0.256 e. The Balaban J connectivity index is 1.30. The van der Waals surface area contributed by atoms with Crippen molar-refractivity contribution in [2.24, 2.45) is 0 Å². The van der Waals surface area contributed by atoms with Crippen molar-refractivity contribution in [2.45, 2.75) is 12.5 Å². The predicted octanol–water partition coefficient (Wildman–Crippen LogP) is 3.09. The number of benzene rings is 2. The van der Waals surface area contributed by atoms with Crippen LogP contribution in [0.4, 0.5) is 10.3 Å². The third kappa shape index (κ3) is 3.92. The van der Waals surface area contributed by atoms with E-state index in [1.165, 1.54) is 6.07 Å². The molecule has 1 amide bonds. The Labute approximate surface area is 178 Å². The van der Waals surface area contributed by atoms with Gasteiger partial charge in [0.15, 0.2) is 0 Å². The molecule has 1 aliphatic heterocycles. The van der Waals surface area contributed by atoms with E-state index in [0.717, 1.165) is 22.0 Å². The fourth-order valence-corrected chi connectivity index (χ4v) is 3.72. The largest absolute Gasteiger partial charge is 0.348 e. The number of hydrogen-bond acceptors (Lipinski definition) is 6. The number of nitrogens with zero attached hydrogens (tertiary/aromatic N) is 5. The molecule has 1 saturated heterocycles. The SMILES string of the molecule is O=C(c1cc(Cc2nncc3ccccc23)ccc1F)N1CC(Nc2ncccn2)C1. The molecule has 1 N–H and O–H groups in total. The van der Waals surface area contributed by atoms with Crippen LogP contribution in [0.15, 0.2) is 67.1 Å². The molecule has 5 rings (SSSR count). The van der Waals surface area contributed by atoms with Gasteiger partial charge in [-0.25, -0.2) is 14.4 Å². The van der Waals surface area contributed by atoms with Gasteiger partial charge in [-0.05, 0) is 23.8 Å². The van der Waals surface area contributed by atoms with E-state index in [1.54, 1.807) is 41.7 Å². The summed E-state index contributed by atoms with van der Waals surface area (Å²) >= 11 is 0. The topological polar surface area (TPSA) is 83.9 Å². The lowest BCUT2D eigenvalue weighted by Crippen LogP contribution is -2.57. The van der Waals surface area contributed by atoms with Crippen LogP contribution in [-0.4, -0.2) is 50.1 Å². The van der Waals surface area contributed by atoms with Crippen molar-refractivity contribution in [3.05, 3.63) is 89.8 Å². The van der Waals surface area contributed by atoms with E-state index in [-0.39, 0.29) is 17.5 Å². The molecule has 3 heterocycles.